The molecule has 0 N–H and O–H groups in total. The highest BCUT2D eigenvalue weighted by atomic mass is 35.5. The van der Waals surface area contributed by atoms with E-state index in [-0.39, 0.29) is 13.0 Å². The first kappa shape index (κ1) is 20.4. The largest absolute Gasteiger partial charge is 0.332 e. The van der Waals surface area contributed by atoms with E-state index in [1.54, 1.807) is 55.5 Å². The molecule has 2 aromatic rings. The van der Waals surface area contributed by atoms with Crippen molar-refractivity contribution in [2.45, 2.75) is 19.4 Å². The van der Waals surface area contributed by atoms with Crippen molar-refractivity contribution < 1.29 is 14.4 Å². The van der Waals surface area contributed by atoms with E-state index in [2.05, 4.69) is 0 Å². The van der Waals surface area contributed by atoms with Crippen LogP contribution >= 0.6 is 11.6 Å². The molecule has 0 bridgehead atoms. The van der Waals surface area contributed by atoms with Crippen LogP contribution < -0.4 is 9.80 Å². The molecule has 1 fully saturated rings. The van der Waals surface area contributed by atoms with Crippen LogP contribution in [0.25, 0.3) is 0 Å². The predicted octanol–water partition coefficient (Wildman–Crippen LogP) is 3.44. The van der Waals surface area contributed by atoms with Gasteiger partial charge in [-0.15, -0.1) is 0 Å². The van der Waals surface area contributed by atoms with Gasteiger partial charge in [-0.25, -0.2) is 4.79 Å². The minimum Gasteiger partial charge on any atom is -0.310 e. The highest BCUT2D eigenvalue weighted by Gasteiger charge is 2.44. The molecule has 7 nitrogen and oxygen atoms in total. The summed E-state index contributed by atoms with van der Waals surface area (Å²) in [5.74, 6) is -0.884. The van der Waals surface area contributed by atoms with Gasteiger partial charge in [0.2, 0.25) is 5.91 Å². The van der Waals surface area contributed by atoms with Crippen molar-refractivity contribution in [3.05, 3.63) is 59.6 Å². The average Bonchev–Trinajstić information content (AvgIpc) is 2.93. The number of nitriles is 1. The molecule has 1 aliphatic heterocycles. The Bertz CT molecular complexity index is 956. The Morgan fingerprint density at radius 1 is 1.14 bits per heavy atom. The third-order valence-corrected chi connectivity index (χ3v) is 4.91. The van der Waals surface area contributed by atoms with E-state index < -0.39 is 30.4 Å². The number of anilines is 2. The Kier molecular flexibility index (Phi) is 6.15. The molecule has 0 spiro atoms. The fraction of sp³-hybridized carbons (Fsp3) is 0.238. The van der Waals surface area contributed by atoms with E-state index in [1.807, 2.05) is 12.1 Å². The lowest BCUT2D eigenvalue weighted by molar-refractivity contribution is -0.131. The topological polar surface area (TPSA) is 84.7 Å². The van der Waals surface area contributed by atoms with Crippen molar-refractivity contribution in [2.75, 3.05) is 22.9 Å². The van der Waals surface area contributed by atoms with Gasteiger partial charge in [0.25, 0.3) is 5.91 Å². The fourth-order valence-electron chi connectivity index (χ4n) is 3.20. The molecule has 8 heteroatoms. The normalized spacial score (nSPS) is 16.1. The van der Waals surface area contributed by atoms with Gasteiger partial charge in [-0.3, -0.25) is 19.4 Å². The zero-order valence-corrected chi connectivity index (χ0v) is 16.5. The lowest BCUT2D eigenvalue weighted by Crippen LogP contribution is -2.44. The average molecular weight is 411 g/mol. The number of amides is 4. The quantitative estimate of drug-likeness (QED) is 0.683. The highest BCUT2D eigenvalue weighted by molar-refractivity contribution is 6.30. The van der Waals surface area contributed by atoms with E-state index in [1.165, 1.54) is 9.80 Å². The van der Waals surface area contributed by atoms with E-state index >= 15 is 0 Å². The number of rotatable bonds is 6. The van der Waals surface area contributed by atoms with Crippen molar-refractivity contribution >= 4 is 40.8 Å². The molecular weight excluding hydrogens is 392 g/mol. The standard InChI is InChI=1S/C21H19ClN4O3/c1-15-20(28)25(21(29)26(15)18-10-8-16(22)9-11-18)14-19(27)24(13-5-12-23)17-6-3-2-4-7-17/h2-4,6-11,15H,5,13-14H2,1H3. The summed E-state index contributed by atoms with van der Waals surface area (Å²) < 4.78 is 0. The molecule has 148 valence electrons. The summed E-state index contributed by atoms with van der Waals surface area (Å²) in [6.07, 6.45) is 0.135. The molecule has 0 aromatic heterocycles. The van der Waals surface area contributed by atoms with Gasteiger partial charge in [-0.05, 0) is 43.3 Å². The molecule has 2 aromatic carbocycles. The van der Waals surface area contributed by atoms with E-state index in [0.29, 0.717) is 16.4 Å². The van der Waals surface area contributed by atoms with Crippen LogP contribution in [0.1, 0.15) is 13.3 Å². The molecule has 1 atom stereocenters. The monoisotopic (exact) mass is 410 g/mol. The maximum atomic E-state index is 12.9. The minimum atomic E-state index is -0.735. The Morgan fingerprint density at radius 3 is 2.41 bits per heavy atom. The molecule has 0 saturated carbocycles. The SMILES string of the molecule is CC1C(=O)N(CC(=O)N(CCC#N)c2ccccc2)C(=O)N1c1ccc(Cl)cc1. The Morgan fingerprint density at radius 2 is 1.79 bits per heavy atom. The van der Waals surface area contributed by atoms with E-state index in [9.17, 15) is 14.4 Å². The summed E-state index contributed by atoms with van der Waals surface area (Å²) in [5, 5.41) is 9.42. The molecule has 4 amide bonds. The maximum Gasteiger partial charge on any atom is 0.332 e. The highest BCUT2D eigenvalue weighted by Crippen LogP contribution is 2.27. The van der Waals surface area contributed by atoms with Crippen LogP contribution in [0.2, 0.25) is 5.02 Å². The second-order valence-corrected chi connectivity index (χ2v) is 6.95. The number of carbonyl (C=O) groups excluding carboxylic acids is 3. The summed E-state index contributed by atoms with van der Waals surface area (Å²) in [6.45, 7) is 1.39. The van der Waals surface area contributed by atoms with Crippen molar-refractivity contribution in [3.63, 3.8) is 0 Å². The number of benzene rings is 2. The second kappa shape index (κ2) is 8.76. The number of hydrogen-bond acceptors (Lipinski definition) is 4. The van der Waals surface area contributed by atoms with Crippen molar-refractivity contribution in [1.82, 2.24) is 4.90 Å². The Labute approximate surface area is 173 Å². The first-order valence-electron chi connectivity index (χ1n) is 9.06. The Balaban J connectivity index is 1.81. The van der Waals surface area contributed by atoms with Crippen LogP contribution in [0.5, 0.6) is 0 Å². The fourth-order valence-corrected chi connectivity index (χ4v) is 3.32. The molecule has 1 unspecified atom stereocenters. The van der Waals surface area contributed by atoms with Crippen molar-refractivity contribution in [1.29, 1.82) is 5.26 Å². The summed E-state index contributed by atoms with van der Waals surface area (Å²) >= 11 is 5.90. The molecule has 1 heterocycles. The van der Waals surface area contributed by atoms with Gasteiger partial charge < -0.3 is 4.90 Å². The third-order valence-electron chi connectivity index (χ3n) is 4.66. The zero-order valence-electron chi connectivity index (χ0n) is 15.8. The van der Waals surface area contributed by atoms with Gasteiger partial charge in [0, 0.05) is 22.9 Å². The number of imide groups is 1. The van der Waals surface area contributed by atoms with Crippen LogP contribution in [0, 0.1) is 11.3 Å². The summed E-state index contributed by atoms with van der Waals surface area (Å²) in [4.78, 5) is 42.2. The van der Waals surface area contributed by atoms with Crippen molar-refractivity contribution in [3.8, 4) is 6.07 Å². The van der Waals surface area contributed by atoms with Gasteiger partial charge >= 0.3 is 6.03 Å². The molecule has 3 rings (SSSR count). The van der Waals surface area contributed by atoms with Gasteiger partial charge in [0.1, 0.15) is 12.6 Å². The molecule has 0 radical (unpaired) electrons. The number of urea groups is 1. The van der Waals surface area contributed by atoms with Crippen molar-refractivity contribution in [2.24, 2.45) is 0 Å². The van der Waals surface area contributed by atoms with Gasteiger partial charge in [0.05, 0.1) is 12.5 Å². The van der Waals surface area contributed by atoms with E-state index in [4.69, 9.17) is 16.9 Å². The van der Waals surface area contributed by atoms with Gasteiger partial charge in [-0.1, -0.05) is 29.8 Å². The molecule has 29 heavy (non-hydrogen) atoms. The summed E-state index contributed by atoms with van der Waals surface area (Å²) in [7, 11) is 0. The number of nitrogens with zero attached hydrogens (tertiary/aromatic N) is 4. The van der Waals surface area contributed by atoms with Crippen LogP contribution in [0.15, 0.2) is 54.6 Å². The number of carbonyl (C=O) groups is 3. The predicted molar refractivity (Wildman–Crippen MR) is 110 cm³/mol. The van der Waals surface area contributed by atoms with Gasteiger partial charge in [-0.2, -0.15) is 5.26 Å². The molecule has 1 aliphatic rings. The third kappa shape index (κ3) is 4.23. The van der Waals surface area contributed by atoms with Gasteiger partial charge in [0.15, 0.2) is 0 Å². The van der Waals surface area contributed by atoms with Crippen LogP contribution in [-0.2, 0) is 9.59 Å². The van der Waals surface area contributed by atoms with Crippen LogP contribution in [0.4, 0.5) is 16.2 Å². The first-order valence-corrected chi connectivity index (χ1v) is 9.44. The summed E-state index contributed by atoms with van der Waals surface area (Å²) in [5.41, 5.74) is 1.13. The number of para-hydroxylation sites is 1. The summed E-state index contributed by atoms with van der Waals surface area (Å²) in [6, 6.07) is 16.1. The van der Waals surface area contributed by atoms with Crippen LogP contribution in [-0.4, -0.2) is 41.9 Å². The maximum absolute atomic E-state index is 12.9. The minimum absolute atomic E-state index is 0.135. The smallest absolute Gasteiger partial charge is 0.310 e. The molecular formula is C21H19ClN4O3. The number of halogens is 1. The lowest BCUT2D eigenvalue weighted by atomic mass is 10.2. The van der Waals surface area contributed by atoms with Crippen LogP contribution in [0.3, 0.4) is 0 Å². The molecule has 0 aliphatic carbocycles. The first-order chi connectivity index (χ1) is 13.9. The Hall–Kier alpha value is -3.37. The number of hydrogen-bond donors (Lipinski definition) is 0. The zero-order chi connectivity index (χ0) is 21.0. The van der Waals surface area contributed by atoms with E-state index in [0.717, 1.165) is 4.90 Å². The second-order valence-electron chi connectivity index (χ2n) is 6.52. The molecule has 1 saturated heterocycles. The lowest BCUT2D eigenvalue weighted by Gasteiger charge is -2.24.